The van der Waals surface area contributed by atoms with Crippen LogP contribution in [-0.2, 0) is 0 Å². The number of hydrogen-bond acceptors (Lipinski definition) is 0. The van der Waals surface area contributed by atoms with E-state index < -0.39 is 6.43 Å². The zero-order chi connectivity index (χ0) is 6.69. The molecule has 0 amide bonds. The van der Waals surface area contributed by atoms with Crippen LogP contribution < -0.4 is 0 Å². The second kappa shape index (κ2) is 4.23. The molecule has 0 fully saturated rings. The van der Waals surface area contributed by atoms with Gasteiger partial charge in [-0.25, -0.2) is 8.78 Å². The lowest BCUT2D eigenvalue weighted by Crippen LogP contribution is -1.79. The lowest BCUT2D eigenvalue weighted by molar-refractivity contribution is 0.151. The number of hydrogen-bond donors (Lipinski definition) is 0. The molecule has 0 heterocycles. The van der Waals surface area contributed by atoms with E-state index in [0.717, 1.165) is 0 Å². The van der Waals surface area contributed by atoms with Gasteiger partial charge in [-0.2, -0.15) is 0 Å². The van der Waals surface area contributed by atoms with E-state index in [1.54, 1.807) is 18.2 Å². The molecule has 1 aromatic carbocycles. The maximum atomic E-state index is 11.8. The highest BCUT2D eigenvalue weighted by Crippen LogP contribution is 2.16. The molecule has 0 N–H and O–H groups in total. The zero-order valence-electron chi connectivity index (χ0n) is 5.13. The lowest BCUT2D eigenvalue weighted by atomic mass is 10.2. The monoisotopic (exact) mass is 164 g/mol. The molecule has 0 aromatic heterocycles. The highest BCUT2D eigenvalue weighted by atomic mass is 35.5. The fourth-order valence-corrected chi connectivity index (χ4v) is 0.599. The fourth-order valence-electron chi connectivity index (χ4n) is 0.599. The average Bonchev–Trinajstić information content (AvgIpc) is 1.90. The van der Waals surface area contributed by atoms with Crippen molar-refractivity contribution in [1.82, 2.24) is 0 Å². The minimum absolute atomic E-state index is 0. The van der Waals surface area contributed by atoms with Gasteiger partial charge in [0.2, 0.25) is 0 Å². The van der Waals surface area contributed by atoms with Crippen molar-refractivity contribution in [2.24, 2.45) is 0 Å². The van der Waals surface area contributed by atoms with Crippen molar-refractivity contribution in [1.29, 1.82) is 0 Å². The van der Waals surface area contributed by atoms with Crippen LogP contribution >= 0.6 is 12.4 Å². The molecular formula is C7H7ClF2. The third-order valence-electron chi connectivity index (χ3n) is 1.05. The summed E-state index contributed by atoms with van der Waals surface area (Å²) in [5, 5.41) is 0. The third-order valence-corrected chi connectivity index (χ3v) is 1.05. The summed E-state index contributed by atoms with van der Waals surface area (Å²) in [4.78, 5) is 0. The van der Waals surface area contributed by atoms with E-state index in [9.17, 15) is 8.78 Å². The van der Waals surface area contributed by atoms with E-state index in [2.05, 4.69) is 0 Å². The molecular weight excluding hydrogens is 158 g/mol. The zero-order valence-corrected chi connectivity index (χ0v) is 5.94. The third kappa shape index (κ3) is 2.31. The number of rotatable bonds is 1. The first-order chi connectivity index (χ1) is 4.30. The molecule has 0 nitrogen and oxygen atoms in total. The minimum Gasteiger partial charge on any atom is -0.205 e. The van der Waals surface area contributed by atoms with E-state index in [1.165, 1.54) is 12.1 Å². The van der Waals surface area contributed by atoms with Crippen molar-refractivity contribution in [2.75, 3.05) is 0 Å². The molecule has 0 radical (unpaired) electrons. The summed E-state index contributed by atoms with van der Waals surface area (Å²) in [7, 11) is 0. The van der Waals surface area contributed by atoms with Gasteiger partial charge in [-0.15, -0.1) is 12.4 Å². The molecule has 0 spiro atoms. The van der Waals surface area contributed by atoms with Gasteiger partial charge in [-0.1, -0.05) is 30.3 Å². The first-order valence-corrected chi connectivity index (χ1v) is 2.64. The summed E-state index contributed by atoms with van der Waals surface area (Å²) in [5.74, 6) is 0. The number of halogens is 3. The average molecular weight is 165 g/mol. The highest BCUT2D eigenvalue weighted by molar-refractivity contribution is 5.85. The molecule has 0 saturated heterocycles. The van der Waals surface area contributed by atoms with Crippen LogP contribution in [0.25, 0.3) is 0 Å². The molecule has 0 saturated carbocycles. The van der Waals surface area contributed by atoms with Crippen LogP contribution in [0.4, 0.5) is 8.78 Å². The summed E-state index contributed by atoms with van der Waals surface area (Å²) < 4.78 is 23.5. The SMILES string of the molecule is Cl.FC(F)c1ccccc1. The second-order valence-electron chi connectivity index (χ2n) is 1.71. The molecule has 10 heavy (non-hydrogen) atoms. The van der Waals surface area contributed by atoms with Gasteiger partial charge in [0.25, 0.3) is 6.43 Å². The van der Waals surface area contributed by atoms with Crippen LogP contribution in [0.2, 0.25) is 0 Å². The summed E-state index contributed by atoms with van der Waals surface area (Å²) in [6.45, 7) is 0. The first kappa shape index (κ1) is 9.37. The van der Waals surface area contributed by atoms with Gasteiger partial charge in [0.15, 0.2) is 0 Å². The van der Waals surface area contributed by atoms with E-state index in [4.69, 9.17) is 0 Å². The number of benzene rings is 1. The maximum absolute atomic E-state index is 11.8. The van der Waals surface area contributed by atoms with Crippen molar-refractivity contribution in [2.45, 2.75) is 6.43 Å². The Labute approximate surface area is 64.3 Å². The Morgan fingerprint density at radius 2 is 1.50 bits per heavy atom. The Balaban J connectivity index is 0.000000810. The van der Waals surface area contributed by atoms with E-state index >= 15 is 0 Å². The van der Waals surface area contributed by atoms with E-state index in [0.29, 0.717) is 0 Å². The summed E-state index contributed by atoms with van der Waals surface area (Å²) >= 11 is 0. The van der Waals surface area contributed by atoms with Gasteiger partial charge in [-0.3, -0.25) is 0 Å². The van der Waals surface area contributed by atoms with Crippen LogP contribution in [0.1, 0.15) is 12.0 Å². The lowest BCUT2D eigenvalue weighted by Gasteiger charge is -1.94. The predicted molar refractivity (Wildman–Crippen MR) is 38.6 cm³/mol. The Morgan fingerprint density at radius 3 is 1.80 bits per heavy atom. The molecule has 56 valence electrons. The van der Waals surface area contributed by atoms with Gasteiger partial charge in [0.05, 0.1) is 0 Å². The largest absolute Gasteiger partial charge is 0.263 e. The Kier molecular flexibility index (Phi) is 3.96. The standard InChI is InChI=1S/C7H6F2.ClH/c8-7(9)6-4-2-1-3-5-6;/h1-5,7H;1H. The van der Waals surface area contributed by atoms with Crippen LogP contribution in [0.15, 0.2) is 30.3 Å². The van der Waals surface area contributed by atoms with Gasteiger partial charge in [0.1, 0.15) is 0 Å². The van der Waals surface area contributed by atoms with Crippen molar-refractivity contribution >= 4 is 12.4 Å². The molecule has 0 atom stereocenters. The summed E-state index contributed by atoms with van der Waals surface area (Å²) in [5.41, 5.74) is 0.0810. The topological polar surface area (TPSA) is 0 Å². The highest BCUT2D eigenvalue weighted by Gasteiger charge is 2.02. The molecule has 3 heteroatoms. The van der Waals surface area contributed by atoms with Crippen molar-refractivity contribution in [3.05, 3.63) is 35.9 Å². The molecule has 0 aliphatic rings. The Morgan fingerprint density at radius 1 is 1.00 bits per heavy atom. The van der Waals surface area contributed by atoms with Crippen LogP contribution in [0.5, 0.6) is 0 Å². The molecule has 0 bridgehead atoms. The second-order valence-corrected chi connectivity index (χ2v) is 1.71. The molecule has 0 aliphatic carbocycles. The quantitative estimate of drug-likeness (QED) is 0.599. The van der Waals surface area contributed by atoms with Gasteiger partial charge < -0.3 is 0 Å². The summed E-state index contributed by atoms with van der Waals surface area (Å²) in [6, 6.07) is 7.73. The van der Waals surface area contributed by atoms with E-state index in [1.807, 2.05) is 0 Å². The molecule has 1 rings (SSSR count). The normalized spacial score (nSPS) is 9.10. The van der Waals surface area contributed by atoms with Crippen molar-refractivity contribution in [3.63, 3.8) is 0 Å². The summed E-state index contributed by atoms with van der Waals surface area (Å²) in [6.07, 6.45) is -2.34. The number of alkyl halides is 2. The van der Waals surface area contributed by atoms with Gasteiger partial charge >= 0.3 is 0 Å². The van der Waals surface area contributed by atoms with Gasteiger partial charge in [0, 0.05) is 5.56 Å². The van der Waals surface area contributed by atoms with Crippen LogP contribution in [-0.4, -0.2) is 0 Å². The van der Waals surface area contributed by atoms with Crippen molar-refractivity contribution < 1.29 is 8.78 Å². The molecule has 0 unspecified atom stereocenters. The van der Waals surface area contributed by atoms with Crippen molar-refractivity contribution in [3.8, 4) is 0 Å². The smallest absolute Gasteiger partial charge is 0.205 e. The molecule has 1 aromatic rings. The Bertz CT molecular complexity index is 174. The van der Waals surface area contributed by atoms with Crippen LogP contribution in [0.3, 0.4) is 0 Å². The van der Waals surface area contributed by atoms with Crippen LogP contribution in [0, 0.1) is 0 Å². The Hall–Kier alpha value is -0.630. The predicted octanol–water partition coefficient (Wildman–Crippen LogP) is 3.05. The first-order valence-electron chi connectivity index (χ1n) is 2.64. The van der Waals surface area contributed by atoms with E-state index in [-0.39, 0.29) is 18.0 Å². The maximum Gasteiger partial charge on any atom is 0.263 e. The van der Waals surface area contributed by atoms with Gasteiger partial charge in [-0.05, 0) is 0 Å². The minimum atomic E-state index is -2.34. The molecule has 0 aliphatic heterocycles. The fraction of sp³-hybridized carbons (Fsp3) is 0.143.